The third-order valence-corrected chi connectivity index (χ3v) is 5.91. The van der Waals surface area contributed by atoms with E-state index in [0.717, 1.165) is 34.6 Å². The highest BCUT2D eigenvalue weighted by Gasteiger charge is 2.15. The smallest absolute Gasteiger partial charge is 0.143 e. The molecule has 0 aliphatic carbocycles. The summed E-state index contributed by atoms with van der Waals surface area (Å²) >= 11 is 1.67. The minimum absolute atomic E-state index is 0.875. The molecule has 1 N–H and O–H groups in total. The molecule has 4 aromatic rings. The fourth-order valence-electron chi connectivity index (χ4n) is 3.42. The van der Waals surface area contributed by atoms with E-state index >= 15 is 0 Å². The number of nitrogens with one attached hydrogen (secondary N) is 1. The highest BCUT2D eigenvalue weighted by Crippen LogP contribution is 2.38. The molecule has 0 aliphatic heterocycles. The summed E-state index contributed by atoms with van der Waals surface area (Å²) in [5, 5.41) is 6.89. The van der Waals surface area contributed by atoms with Crippen molar-refractivity contribution in [1.29, 1.82) is 0 Å². The summed E-state index contributed by atoms with van der Waals surface area (Å²) in [5.74, 6) is 0.875. The molecule has 4 rings (SSSR count). The van der Waals surface area contributed by atoms with Gasteiger partial charge in [0, 0.05) is 16.6 Å². The topological polar surface area (TPSA) is 37.8 Å². The largest absolute Gasteiger partial charge is 0.339 e. The summed E-state index contributed by atoms with van der Waals surface area (Å²) in [6.45, 7) is 6.50. The molecular formula is C23H23N3S. The van der Waals surface area contributed by atoms with Crippen LogP contribution in [0.15, 0.2) is 54.2 Å². The van der Waals surface area contributed by atoms with Crippen molar-refractivity contribution in [2.45, 2.75) is 33.6 Å². The Kier molecular flexibility index (Phi) is 4.90. The van der Waals surface area contributed by atoms with E-state index in [4.69, 9.17) is 0 Å². The van der Waals surface area contributed by atoms with Gasteiger partial charge in [-0.3, -0.25) is 0 Å². The van der Waals surface area contributed by atoms with Gasteiger partial charge >= 0.3 is 0 Å². The molecule has 0 atom stereocenters. The van der Waals surface area contributed by atoms with Gasteiger partial charge in [0.1, 0.15) is 17.0 Å². The molecule has 0 unspecified atom stereocenters. The van der Waals surface area contributed by atoms with Gasteiger partial charge in [-0.2, -0.15) is 0 Å². The molecule has 0 amide bonds. The maximum Gasteiger partial charge on any atom is 0.143 e. The van der Waals surface area contributed by atoms with Gasteiger partial charge in [-0.15, -0.1) is 11.3 Å². The van der Waals surface area contributed by atoms with Gasteiger partial charge in [0.05, 0.1) is 5.39 Å². The highest BCUT2D eigenvalue weighted by molar-refractivity contribution is 7.17. The number of hydrogen-bond acceptors (Lipinski definition) is 4. The van der Waals surface area contributed by atoms with Crippen LogP contribution < -0.4 is 5.32 Å². The van der Waals surface area contributed by atoms with Crippen LogP contribution in [0.1, 0.15) is 30.5 Å². The van der Waals surface area contributed by atoms with E-state index in [0.29, 0.717) is 0 Å². The summed E-state index contributed by atoms with van der Waals surface area (Å²) < 4.78 is 0. The molecule has 2 aromatic carbocycles. The van der Waals surface area contributed by atoms with Gasteiger partial charge in [0.15, 0.2) is 0 Å². The first-order valence-corrected chi connectivity index (χ1v) is 10.3. The van der Waals surface area contributed by atoms with Crippen LogP contribution in [0.2, 0.25) is 0 Å². The van der Waals surface area contributed by atoms with Crippen LogP contribution in [0.4, 0.5) is 11.5 Å². The normalized spacial score (nSPS) is 11.1. The van der Waals surface area contributed by atoms with E-state index in [1.807, 2.05) is 0 Å². The van der Waals surface area contributed by atoms with Crippen LogP contribution in [-0.4, -0.2) is 9.97 Å². The summed E-state index contributed by atoms with van der Waals surface area (Å²) in [7, 11) is 0. The first kappa shape index (κ1) is 17.7. The van der Waals surface area contributed by atoms with Crippen LogP contribution in [0.5, 0.6) is 0 Å². The molecule has 0 saturated heterocycles. The van der Waals surface area contributed by atoms with Crippen molar-refractivity contribution in [3.05, 3.63) is 70.9 Å². The molecule has 27 heavy (non-hydrogen) atoms. The Labute approximate surface area is 164 Å². The molecule has 4 heteroatoms. The van der Waals surface area contributed by atoms with E-state index in [9.17, 15) is 0 Å². The summed E-state index contributed by atoms with van der Waals surface area (Å²) in [6.07, 6.45) is 3.68. The zero-order chi connectivity index (χ0) is 18.8. The fourth-order valence-corrected chi connectivity index (χ4v) is 4.34. The van der Waals surface area contributed by atoms with Crippen LogP contribution in [-0.2, 0) is 12.8 Å². The van der Waals surface area contributed by atoms with Crippen molar-refractivity contribution in [2.24, 2.45) is 0 Å². The lowest BCUT2D eigenvalue weighted by Gasteiger charge is -2.14. The van der Waals surface area contributed by atoms with Crippen LogP contribution >= 0.6 is 11.3 Å². The predicted octanol–water partition coefficient (Wildman–Crippen LogP) is 6.54. The second-order valence-corrected chi connectivity index (χ2v) is 7.55. The maximum atomic E-state index is 4.60. The van der Waals surface area contributed by atoms with Crippen molar-refractivity contribution < 1.29 is 0 Å². The Morgan fingerprint density at radius 2 is 1.78 bits per heavy atom. The SMILES string of the molecule is CCc1ccc(-c2csc3ncnc(Nc4c(C)cccc4CC)c23)cc1. The van der Waals surface area contributed by atoms with E-state index < -0.39 is 0 Å². The molecule has 2 aromatic heterocycles. The number of rotatable bonds is 5. The first-order chi connectivity index (χ1) is 13.2. The second kappa shape index (κ2) is 7.49. The molecule has 0 saturated carbocycles. The van der Waals surface area contributed by atoms with Crippen molar-refractivity contribution >= 4 is 33.1 Å². The lowest BCUT2D eigenvalue weighted by molar-refractivity contribution is 1.13. The monoisotopic (exact) mass is 373 g/mol. The average molecular weight is 374 g/mol. The first-order valence-electron chi connectivity index (χ1n) is 9.38. The number of thiophene rings is 1. The molecule has 3 nitrogen and oxygen atoms in total. The van der Waals surface area contributed by atoms with Crippen molar-refractivity contribution in [2.75, 3.05) is 5.32 Å². The Morgan fingerprint density at radius 3 is 2.52 bits per heavy atom. The van der Waals surface area contributed by atoms with Gasteiger partial charge in [0.25, 0.3) is 0 Å². The third-order valence-electron chi connectivity index (χ3n) is 5.03. The van der Waals surface area contributed by atoms with E-state index in [-0.39, 0.29) is 0 Å². The van der Waals surface area contributed by atoms with Crippen molar-refractivity contribution in [1.82, 2.24) is 9.97 Å². The Balaban J connectivity index is 1.84. The third kappa shape index (κ3) is 3.33. The zero-order valence-corrected chi connectivity index (χ0v) is 16.7. The summed E-state index contributed by atoms with van der Waals surface area (Å²) in [6, 6.07) is 15.2. The minimum atomic E-state index is 0.875. The van der Waals surface area contributed by atoms with Gasteiger partial charge in [-0.05, 0) is 42.0 Å². The van der Waals surface area contributed by atoms with E-state index in [1.54, 1.807) is 17.7 Å². The Bertz CT molecular complexity index is 1080. The van der Waals surface area contributed by atoms with Gasteiger partial charge in [0.2, 0.25) is 0 Å². The standard InChI is InChI=1S/C23H23N3S/c1-4-16-9-11-18(12-10-16)19-13-27-23-20(19)22(24-14-25-23)26-21-15(3)7-6-8-17(21)5-2/h6-14H,4-5H2,1-3H3,(H,24,25,26). The van der Waals surface area contributed by atoms with Crippen LogP contribution in [0.25, 0.3) is 21.3 Å². The van der Waals surface area contributed by atoms with Gasteiger partial charge in [-0.1, -0.05) is 56.3 Å². The molecule has 0 fully saturated rings. The number of para-hydroxylation sites is 1. The number of benzene rings is 2. The second-order valence-electron chi connectivity index (χ2n) is 6.69. The molecular weight excluding hydrogens is 350 g/mol. The molecule has 136 valence electrons. The van der Waals surface area contributed by atoms with E-state index in [2.05, 4.69) is 83.9 Å². The number of aryl methyl sites for hydroxylation is 3. The highest BCUT2D eigenvalue weighted by atomic mass is 32.1. The van der Waals surface area contributed by atoms with E-state index in [1.165, 1.54) is 27.8 Å². The quantitative estimate of drug-likeness (QED) is 0.432. The summed E-state index contributed by atoms with van der Waals surface area (Å²) in [5.41, 5.74) is 7.42. The van der Waals surface area contributed by atoms with Gasteiger partial charge in [-0.25, -0.2) is 9.97 Å². The lowest BCUT2D eigenvalue weighted by atomic mass is 10.0. The molecule has 0 radical (unpaired) electrons. The van der Waals surface area contributed by atoms with Gasteiger partial charge < -0.3 is 5.32 Å². The minimum Gasteiger partial charge on any atom is -0.339 e. The number of aromatic nitrogens is 2. The zero-order valence-electron chi connectivity index (χ0n) is 15.9. The molecule has 2 heterocycles. The van der Waals surface area contributed by atoms with Crippen LogP contribution in [0, 0.1) is 6.92 Å². The Hall–Kier alpha value is -2.72. The maximum absolute atomic E-state index is 4.60. The van der Waals surface area contributed by atoms with Crippen molar-refractivity contribution in [3.63, 3.8) is 0 Å². The van der Waals surface area contributed by atoms with Crippen LogP contribution in [0.3, 0.4) is 0 Å². The number of fused-ring (bicyclic) bond motifs is 1. The molecule has 0 spiro atoms. The number of anilines is 2. The summed E-state index contributed by atoms with van der Waals surface area (Å²) in [4.78, 5) is 10.1. The molecule has 0 aliphatic rings. The number of hydrogen-bond donors (Lipinski definition) is 1. The molecule has 0 bridgehead atoms. The van der Waals surface area contributed by atoms with Crippen molar-refractivity contribution in [3.8, 4) is 11.1 Å². The fraction of sp³-hybridized carbons (Fsp3) is 0.217. The Morgan fingerprint density at radius 1 is 0.963 bits per heavy atom. The average Bonchev–Trinajstić information content (AvgIpc) is 3.14. The lowest BCUT2D eigenvalue weighted by Crippen LogP contribution is -2.01. The number of nitrogens with zero attached hydrogens (tertiary/aromatic N) is 2. The predicted molar refractivity (Wildman–Crippen MR) is 116 cm³/mol.